The van der Waals surface area contributed by atoms with Gasteiger partial charge in [-0.1, -0.05) is 30.7 Å². The Morgan fingerprint density at radius 1 is 1.37 bits per heavy atom. The van der Waals surface area contributed by atoms with Gasteiger partial charge in [0.15, 0.2) is 0 Å². The van der Waals surface area contributed by atoms with Gasteiger partial charge in [-0.05, 0) is 63.0 Å². The molecule has 0 aromatic heterocycles. The molecule has 1 aromatic carbocycles. The normalized spacial score (nSPS) is 19.5. The van der Waals surface area contributed by atoms with Gasteiger partial charge in [-0.15, -0.1) is 0 Å². The average Bonchev–Trinajstić information content (AvgIpc) is 2.45. The summed E-state index contributed by atoms with van der Waals surface area (Å²) in [6.45, 7) is 9.18. The van der Waals surface area contributed by atoms with Gasteiger partial charge in [-0.3, -0.25) is 0 Å². The van der Waals surface area contributed by atoms with Crippen LogP contribution in [-0.2, 0) is 6.54 Å². The van der Waals surface area contributed by atoms with Crippen LogP contribution in [0, 0.1) is 5.92 Å². The second-order valence-electron chi connectivity index (χ2n) is 5.57. The Bertz CT molecular complexity index is 386. The molecule has 1 aliphatic rings. The summed E-state index contributed by atoms with van der Waals surface area (Å²) in [4.78, 5) is 2.54. The zero-order valence-electron chi connectivity index (χ0n) is 12.0. The quantitative estimate of drug-likeness (QED) is 0.887. The highest BCUT2D eigenvalue weighted by Gasteiger charge is 2.22. The Morgan fingerprint density at radius 3 is 2.74 bits per heavy atom. The highest BCUT2D eigenvalue weighted by atomic mass is 35.5. The molecule has 3 heteroatoms. The van der Waals surface area contributed by atoms with Crippen molar-refractivity contribution >= 4 is 11.6 Å². The smallest absolute Gasteiger partial charge is 0.0409 e. The lowest BCUT2D eigenvalue weighted by molar-refractivity contribution is 0.168. The minimum atomic E-state index is 0.581. The summed E-state index contributed by atoms with van der Waals surface area (Å²) in [6, 6.07) is 8.70. The first-order chi connectivity index (χ1) is 9.19. The summed E-state index contributed by atoms with van der Waals surface area (Å²) in [5.41, 5.74) is 1.27. The highest BCUT2D eigenvalue weighted by molar-refractivity contribution is 6.30. The molecule has 1 aliphatic heterocycles. The van der Waals surface area contributed by atoms with Crippen molar-refractivity contribution in [3.05, 3.63) is 34.9 Å². The van der Waals surface area contributed by atoms with Crippen LogP contribution in [0.4, 0.5) is 0 Å². The Labute approximate surface area is 122 Å². The molecular formula is C16H25ClN2. The monoisotopic (exact) mass is 280 g/mol. The summed E-state index contributed by atoms with van der Waals surface area (Å²) >= 11 is 6.01. The number of benzene rings is 1. The maximum atomic E-state index is 6.01. The van der Waals surface area contributed by atoms with Crippen molar-refractivity contribution in [3.8, 4) is 0 Å². The molecule has 0 amide bonds. The predicted molar refractivity (Wildman–Crippen MR) is 82.6 cm³/mol. The number of piperidine rings is 1. The molecule has 0 bridgehead atoms. The van der Waals surface area contributed by atoms with E-state index in [0.717, 1.165) is 17.5 Å². The molecule has 1 saturated heterocycles. The maximum Gasteiger partial charge on any atom is 0.0409 e. The van der Waals surface area contributed by atoms with Crippen LogP contribution in [0.3, 0.4) is 0 Å². The molecule has 0 saturated carbocycles. The third-order valence-electron chi connectivity index (χ3n) is 4.30. The lowest BCUT2D eigenvalue weighted by Gasteiger charge is -2.34. The van der Waals surface area contributed by atoms with Gasteiger partial charge in [0.2, 0.25) is 0 Å². The predicted octanol–water partition coefficient (Wildman–Crippen LogP) is 3.55. The molecule has 1 N–H and O–H groups in total. The minimum absolute atomic E-state index is 0.581. The third kappa shape index (κ3) is 4.48. The van der Waals surface area contributed by atoms with Gasteiger partial charge in [0, 0.05) is 17.6 Å². The fourth-order valence-electron chi connectivity index (χ4n) is 2.86. The van der Waals surface area contributed by atoms with Gasteiger partial charge in [-0.2, -0.15) is 0 Å². The molecule has 1 unspecified atom stereocenters. The van der Waals surface area contributed by atoms with Gasteiger partial charge in [-0.25, -0.2) is 0 Å². The van der Waals surface area contributed by atoms with Gasteiger partial charge in [0.1, 0.15) is 0 Å². The molecule has 0 radical (unpaired) electrons. The highest BCUT2D eigenvalue weighted by Crippen LogP contribution is 2.20. The van der Waals surface area contributed by atoms with Crippen LogP contribution in [0.15, 0.2) is 24.3 Å². The van der Waals surface area contributed by atoms with E-state index in [4.69, 9.17) is 11.6 Å². The maximum absolute atomic E-state index is 6.01. The van der Waals surface area contributed by atoms with E-state index in [1.165, 1.54) is 38.0 Å². The van der Waals surface area contributed by atoms with Crippen LogP contribution in [0.2, 0.25) is 5.02 Å². The largest absolute Gasteiger partial charge is 0.310 e. The zero-order valence-corrected chi connectivity index (χ0v) is 12.8. The average molecular weight is 281 g/mol. The fraction of sp³-hybridized carbons (Fsp3) is 0.625. The van der Waals surface area contributed by atoms with E-state index in [0.29, 0.717) is 6.04 Å². The van der Waals surface area contributed by atoms with Gasteiger partial charge < -0.3 is 10.2 Å². The van der Waals surface area contributed by atoms with Crippen molar-refractivity contribution in [2.24, 2.45) is 5.92 Å². The molecule has 1 heterocycles. The van der Waals surface area contributed by atoms with Crippen molar-refractivity contribution in [1.82, 2.24) is 10.2 Å². The number of halogens is 1. The molecule has 1 atom stereocenters. The van der Waals surface area contributed by atoms with Crippen LogP contribution < -0.4 is 5.32 Å². The number of nitrogens with zero attached hydrogens (tertiary/aromatic N) is 1. The minimum Gasteiger partial charge on any atom is -0.310 e. The first kappa shape index (κ1) is 14.8. The third-order valence-corrected chi connectivity index (χ3v) is 4.54. The number of likely N-dealkylation sites (tertiary alicyclic amines) is 1. The zero-order chi connectivity index (χ0) is 13.7. The van der Waals surface area contributed by atoms with Crippen LogP contribution in [-0.4, -0.2) is 30.6 Å². The van der Waals surface area contributed by atoms with Gasteiger partial charge in [0.05, 0.1) is 0 Å². The summed E-state index contributed by atoms with van der Waals surface area (Å²) in [5.74, 6) is 0.807. The summed E-state index contributed by atoms with van der Waals surface area (Å²) in [6.07, 6.45) is 2.63. The Kier molecular flexibility index (Phi) is 5.68. The second-order valence-corrected chi connectivity index (χ2v) is 6.01. The van der Waals surface area contributed by atoms with Crippen LogP contribution >= 0.6 is 11.6 Å². The fourth-order valence-corrected chi connectivity index (χ4v) is 3.07. The molecule has 19 heavy (non-hydrogen) atoms. The Morgan fingerprint density at radius 2 is 2.11 bits per heavy atom. The number of hydrogen-bond donors (Lipinski definition) is 1. The number of nitrogens with one attached hydrogen (secondary N) is 1. The van der Waals surface area contributed by atoms with E-state index in [2.05, 4.69) is 30.1 Å². The molecule has 2 rings (SSSR count). The summed E-state index contributed by atoms with van der Waals surface area (Å²) in [5, 5.41) is 4.47. The van der Waals surface area contributed by atoms with Crippen LogP contribution in [0.25, 0.3) is 0 Å². The van der Waals surface area contributed by atoms with E-state index in [1.807, 2.05) is 18.2 Å². The lowest BCUT2D eigenvalue weighted by Crippen LogP contribution is -2.41. The number of rotatable bonds is 5. The molecule has 1 fully saturated rings. The molecule has 0 aliphatic carbocycles. The van der Waals surface area contributed by atoms with Crippen LogP contribution in [0.1, 0.15) is 32.3 Å². The SMILES string of the molecule is CCN1CCC(C(C)NCc2cccc(Cl)c2)CC1. The first-order valence-electron chi connectivity index (χ1n) is 7.39. The van der Waals surface area contributed by atoms with Crippen molar-refractivity contribution in [2.75, 3.05) is 19.6 Å². The van der Waals surface area contributed by atoms with Crippen molar-refractivity contribution in [1.29, 1.82) is 0 Å². The van der Waals surface area contributed by atoms with Gasteiger partial charge in [0.25, 0.3) is 0 Å². The van der Waals surface area contributed by atoms with E-state index in [9.17, 15) is 0 Å². The Hall–Kier alpha value is -0.570. The molecule has 2 nitrogen and oxygen atoms in total. The standard InChI is InChI=1S/C16H25ClN2/c1-3-19-9-7-15(8-10-19)13(2)18-12-14-5-4-6-16(17)11-14/h4-6,11,13,15,18H,3,7-10,12H2,1-2H3. The van der Waals surface area contributed by atoms with E-state index >= 15 is 0 Å². The van der Waals surface area contributed by atoms with E-state index < -0.39 is 0 Å². The van der Waals surface area contributed by atoms with Crippen molar-refractivity contribution in [2.45, 2.75) is 39.3 Å². The summed E-state index contributed by atoms with van der Waals surface area (Å²) < 4.78 is 0. The topological polar surface area (TPSA) is 15.3 Å². The number of hydrogen-bond acceptors (Lipinski definition) is 2. The second kappa shape index (κ2) is 7.28. The Balaban J connectivity index is 1.77. The molecule has 0 spiro atoms. The molecule has 106 valence electrons. The molecule has 1 aromatic rings. The lowest BCUT2D eigenvalue weighted by atomic mass is 9.90. The van der Waals surface area contributed by atoms with E-state index in [1.54, 1.807) is 0 Å². The van der Waals surface area contributed by atoms with Gasteiger partial charge >= 0.3 is 0 Å². The van der Waals surface area contributed by atoms with Crippen LogP contribution in [0.5, 0.6) is 0 Å². The van der Waals surface area contributed by atoms with Crippen molar-refractivity contribution < 1.29 is 0 Å². The molecular weight excluding hydrogens is 256 g/mol. The van der Waals surface area contributed by atoms with Crippen molar-refractivity contribution in [3.63, 3.8) is 0 Å². The van der Waals surface area contributed by atoms with E-state index in [-0.39, 0.29) is 0 Å². The first-order valence-corrected chi connectivity index (χ1v) is 7.77. The summed E-state index contributed by atoms with van der Waals surface area (Å²) in [7, 11) is 0.